The van der Waals surface area contributed by atoms with Gasteiger partial charge < -0.3 is 10.1 Å². The highest BCUT2D eigenvalue weighted by atomic mass is 16.6. The normalized spacial score (nSPS) is 11.4. The van der Waals surface area contributed by atoms with Gasteiger partial charge in [0.15, 0.2) is 17.6 Å². The number of hydrogen-bond donors (Lipinski definition) is 1. The van der Waals surface area contributed by atoms with Crippen LogP contribution < -0.4 is 10.1 Å². The second-order valence-electron chi connectivity index (χ2n) is 5.11. The lowest BCUT2D eigenvalue weighted by Gasteiger charge is -2.15. The van der Waals surface area contributed by atoms with Crippen molar-refractivity contribution in [2.24, 2.45) is 0 Å². The molecule has 124 valence electrons. The molecule has 0 heterocycles. The second kappa shape index (κ2) is 7.36. The number of ether oxygens (including phenoxy) is 1. The maximum atomic E-state index is 12.2. The van der Waals surface area contributed by atoms with Crippen LogP contribution in [0.5, 0.6) is 5.75 Å². The molecule has 0 aromatic heterocycles. The third-order valence-corrected chi connectivity index (χ3v) is 3.27. The van der Waals surface area contributed by atoms with Crippen molar-refractivity contribution >= 4 is 23.1 Å². The van der Waals surface area contributed by atoms with Crippen molar-refractivity contribution in [1.82, 2.24) is 0 Å². The summed E-state index contributed by atoms with van der Waals surface area (Å²) in [5, 5.41) is 13.6. The van der Waals surface area contributed by atoms with Crippen molar-refractivity contribution in [2.75, 3.05) is 5.32 Å². The van der Waals surface area contributed by atoms with Gasteiger partial charge in [-0.15, -0.1) is 0 Å². The first-order valence-electron chi connectivity index (χ1n) is 7.20. The number of ketones is 1. The molecule has 2 aromatic carbocycles. The lowest BCUT2D eigenvalue weighted by Crippen LogP contribution is -2.30. The maximum absolute atomic E-state index is 12.2. The minimum Gasteiger partial charge on any atom is -0.474 e. The van der Waals surface area contributed by atoms with Crippen molar-refractivity contribution in [1.29, 1.82) is 0 Å². The summed E-state index contributed by atoms with van der Waals surface area (Å²) in [7, 11) is 0. The average Bonchev–Trinajstić information content (AvgIpc) is 2.55. The van der Waals surface area contributed by atoms with Crippen LogP contribution in [0.25, 0.3) is 0 Å². The molecule has 0 saturated heterocycles. The highest BCUT2D eigenvalue weighted by molar-refractivity contribution is 5.98. The van der Waals surface area contributed by atoms with Crippen LogP contribution >= 0.6 is 0 Å². The second-order valence-corrected chi connectivity index (χ2v) is 5.11. The standard InChI is InChI=1S/C17H16N2O5/c1-11(20)13-6-5-7-14(10-13)18-17(21)12(2)24-16-9-4-3-8-15(16)19(22)23/h3-10,12H,1-2H3,(H,18,21)/t12-/m0/s1. The van der Waals surface area contributed by atoms with Crippen molar-refractivity contribution < 1.29 is 19.2 Å². The first kappa shape index (κ1) is 17.1. The molecule has 1 N–H and O–H groups in total. The Bertz CT molecular complexity index is 788. The maximum Gasteiger partial charge on any atom is 0.310 e. The Morgan fingerprint density at radius 1 is 1.17 bits per heavy atom. The van der Waals surface area contributed by atoms with E-state index in [9.17, 15) is 19.7 Å². The summed E-state index contributed by atoms with van der Waals surface area (Å²) >= 11 is 0. The first-order chi connectivity index (χ1) is 11.4. The number of hydrogen-bond acceptors (Lipinski definition) is 5. The van der Waals surface area contributed by atoms with Gasteiger partial charge in [-0.3, -0.25) is 19.7 Å². The minimum atomic E-state index is -0.952. The molecule has 0 bridgehead atoms. The van der Waals surface area contributed by atoms with Gasteiger partial charge in [0.1, 0.15) is 0 Å². The van der Waals surface area contributed by atoms with Gasteiger partial charge in [0.05, 0.1) is 4.92 Å². The lowest BCUT2D eigenvalue weighted by atomic mass is 10.1. The first-order valence-corrected chi connectivity index (χ1v) is 7.20. The van der Waals surface area contributed by atoms with Crippen LogP contribution in [0.1, 0.15) is 24.2 Å². The van der Waals surface area contributed by atoms with Gasteiger partial charge in [-0.25, -0.2) is 0 Å². The van der Waals surface area contributed by atoms with Gasteiger partial charge in [0.2, 0.25) is 0 Å². The molecular weight excluding hydrogens is 312 g/mol. The Balaban J connectivity index is 2.09. The molecule has 24 heavy (non-hydrogen) atoms. The van der Waals surface area contributed by atoms with E-state index in [2.05, 4.69) is 5.32 Å². The SMILES string of the molecule is CC(=O)c1cccc(NC(=O)[C@H](C)Oc2ccccc2[N+](=O)[O-])c1. The van der Waals surface area contributed by atoms with Crippen molar-refractivity contribution in [3.63, 3.8) is 0 Å². The zero-order chi connectivity index (χ0) is 17.7. The molecule has 2 aromatic rings. The molecule has 0 aliphatic carbocycles. The van der Waals surface area contributed by atoms with E-state index in [1.165, 1.54) is 32.0 Å². The number of nitro groups is 1. The molecule has 1 amide bonds. The van der Waals surface area contributed by atoms with Gasteiger partial charge in [-0.1, -0.05) is 24.3 Å². The number of para-hydroxylation sites is 2. The minimum absolute atomic E-state index is 0.0163. The highest BCUT2D eigenvalue weighted by Gasteiger charge is 2.20. The van der Waals surface area contributed by atoms with E-state index in [1.54, 1.807) is 30.3 Å². The Labute approximate surface area is 138 Å². The number of nitrogens with one attached hydrogen (secondary N) is 1. The molecule has 1 atom stereocenters. The molecule has 7 nitrogen and oxygen atoms in total. The van der Waals surface area contributed by atoms with Gasteiger partial charge in [-0.05, 0) is 32.0 Å². The summed E-state index contributed by atoms with van der Waals surface area (Å²) in [6.07, 6.45) is -0.952. The number of anilines is 1. The summed E-state index contributed by atoms with van der Waals surface area (Å²) in [6, 6.07) is 12.3. The van der Waals surface area contributed by atoms with Crippen LogP contribution in [-0.2, 0) is 4.79 Å². The number of carbonyl (C=O) groups is 2. The number of benzene rings is 2. The Morgan fingerprint density at radius 3 is 2.54 bits per heavy atom. The summed E-state index contributed by atoms with van der Waals surface area (Å²) in [6.45, 7) is 2.92. The van der Waals surface area contributed by atoms with Crippen molar-refractivity contribution in [2.45, 2.75) is 20.0 Å². The predicted octanol–water partition coefficient (Wildman–Crippen LogP) is 3.20. The summed E-state index contributed by atoms with van der Waals surface area (Å²) in [5.41, 5.74) is 0.710. The average molecular weight is 328 g/mol. The predicted molar refractivity (Wildman–Crippen MR) is 88.3 cm³/mol. The zero-order valence-corrected chi connectivity index (χ0v) is 13.2. The van der Waals surface area contributed by atoms with Crippen LogP contribution in [0.3, 0.4) is 0 Å². The zero-order valence-electron chi connectivity index (χ0n) is 13.2. The number of nitrogens with zero attached hydrogens (tertiary/aromatic N) is 1. The fourth-order valence-corrected chi connectivity index (χ4v) is 2.01. The molecule has 0 spiro atoms. The molecule has 0 unspecified atom stereocenters. The third kappa shape index (κ3) is 4.16. The van der Waals surface area contributed by atoms with E-state index in [0.29, 0.717) is 11.3 Å². The summed E-state index contributed by atoms with van der Waals surface area (Å²) in [5.74, 6) is -0.577. The number of carbonyl (C=O) groups excluding carboxylic acids is 2. The molecule has 0 saturated carbocycles. The highest BCUT2D eigenvalue weighted by Crippen LogP contribution is 2.27. The fourth-order valence-electron chi connectivity index (χ4n) is 2.01. The summed E-state index contributed by atoms with van der Waals surface area (Å²) < 4.78 is 5.40. The third-order valence-electron chi connectivity index (χ3n) is 3.27. The number of amides is 1. The monoisotopic (exact) mass is 328 g/mol. The fraction of sp³-hybridized carbons (Fsp3) is 0.176. The van der Waals surface area contributed by atoms with Crippen LogP contribution in [0.2, 0.25) is 0 Å². The van der Waals surface area contributed by atoms with E-state index in [4.69, 9.17) is 4.74 Å². The molecule has 0 radical (unpaired) electrons. The summed E-state index contributed by atoms with van der Waals surface area (Å²) in [4.78, 5) is 33.9. The van der Waals surface area contributed by atoms with E-state index in [-0.39, 0.29) is 17.2 Å². The van der Waals surface area contributed by atoms with Gasteiger partial charge in [-0.2, -0.15) is 0 Å². The van der Waals surface area contributed by atoms with Crippen LogP contribution in [0.15, 0.2) is 48.5 Å². The van der Waals surface area contributed by atoms with E-state index < -0.39 is 16.9 Å². The van der Waals surface area contributed by atoms with Crippen molar-refractivity contribution in [3.8, 4) is 5.75 Å². The van der Waals surface area contributed by atoms with E-state index in [0.717, 1.165) is 0 Å². The molecule has 7 heteroatoms. The number of Topliss-reactive ketones (excluding diaryl/α,β-unsaturated/α-hetero) is 1. The molecule has 0 aliphatic rings. The van der Waals surface area contributed by atoms with Crippen LogP contribution in [-0.4, -0.2) is 22.7 Å². The van der Waals surface area contributed by atoms with E-state index in [1.807, 2.05) is 0 Å². The smallest absolute Gasteiger partial charge is 0.310 e. The van der Waals surface area contributed by atoms with Gasteiger partial charge in [0, 0.05) is 17.3 Å². The number of rotatable bonds is 6. The van der Waals surface area contributed by atoms with Crippen LogP contribution in [0, 0.1) is 10.1 Å². The molecule has 0 fully saturated rings. The van der Waals surface area contributed by atoms with E-state index >= 15 is 0 Å². The van der Waals surface area contributed by atoms with Gasteiger partial charge >= 0.3 is 5.69 Å². The Kier molecular flexibility index (Phi) is 5.26. The molecule has 0 aliphatic heterocycles. The largest absolute Gasteiger partial charge is 0.474 e. The van der Waals surface area contributed by atoms with Gasteiger partial charge in [0.25, 0.3) is 5.91 Å². The Hall–Kier alpha value is -3.22. The molecular formula is C17H16N2O5. The topological polar surface area (TPSA) is 98.5 Å². The lowest BCUT2D eigenvalue weighted by molar-refractivity contribution is -0.386. The van der Waals surface area contributed by atoms with Crippen LogP contribution in [0.4, 0.5) is 11.4 Å². The van der Waals surface area contributed by atoms with Crippen molar-refractivity contribution in [3.05, 3.63) is 64.2 Å². The quantitative estimate of drug-likeness (QED) is 0.499. The number of nitro benzene ring substituents is 1. The molecule has 2 rings (SSSR count). The Morgan fingerprint density at radius 2 is 1.88 bits per heavy atom.